The van der Waals surface area contributed by atoms with Crippen LogP contribution in [0.1, 0.15) is 18.1 Å². The van der Waals surface area contributed by atoms with Crippen LogP contribution in [0.2, 0.25) is 0 Å². The van der Waals surface area contributed by atoms with E-state index in [0.717, 1.165) is 0 Å². The van der Waals surface area contributed by atoms with Gasteiger partial charge in [-0.2, -0.15) is 0 Å². The summed E-state index contributed by atoms with van der Waals surface area (Å²) in [5.74, 6) is 0. The van der Waals surface area contributed by atoms with Gasteiger partial charge in [0.1, 0.15) is 0 Å². The maximum absolute atomic E-state index is 10.7. The minimum atomic E-state index is -0.450. The van der Waals surface area contributed by atoms with Crippen LogP contribution in [0.3, 0.4) is 0 Å². The lowest BCUT2D eigenvalue weighted by Gasteiger charge is -2.02. The molecule has 0 aliphatic carbocycles. The van der Waals surface area contributed by atoms with E-state index in [2.05, 4.69) is 0 Å². The molecule has 0 spiro atoms. The van der Waals surface area contributed by atoms with Crippen molar-refractivity contribution < 1.29 is 10.0 Å². The molecule has 74 valence electrons. The average Bonchev–Trinajstić information content (AvgIpc) is 2.18. The van der Waals surface area contributed by atoms with Crippen molar-refractivity contribution in [1.82, 2.24) is 0 Å². The van der Waals surface area contributed by atoms with E-state index in [1.54, 1.807) is 31.2 Å². The van der Waals surface area contributed by atoms with Crippen LogP contribution in [0, 0.1) is 10.1 Å². The van der Waals surface area contributed by atoms with Crippen molar-refractivity contribution in [3.8, 4) is 0 Å². The van der Waals surface area contributed by atoms with E-state index in [1.165, 1.54) is 6.07 Å². The van der Waals surface area contributed by atoms with E-state index in [1.807, 2.05) is 0 Å². The zero-order valence-electron chi connectivity index (χ0n) is 7.80. The summed E-state index contributed by atoms with van der Waals surface area (Å²) in [6.07, 6.45) is 3.34. The first-order valence-electron chi connectivity index (χ1n) is 4.20. The molecule has 0 aliphatic heterocycles. The van der Waals surface area contributed by atoms with Gasteiger partial charge in [0, 0.05) is 6.07 Å². The minimum Gasteiger partial charge on any atom is -0.392 e. The second kappa shape index (κ2) is 4.53. The molecule has 0 heterocycles. The van der Waals surface area contributed by atoms with Crippen molar-refractivity contribution in [2.24, 2.45) is 0 Å². The molecule has 0 saturated heterocycles. The normalized spacial score (nSPS) is 10.7. The van der Waals surface area contributed by atoms with Gasteiger partial charge in [0.05, 0.1) is 17.1 Å². The number of nitro benzene ring substituents is 1. The molecule has 1 rings (SSSR count). The first-order chi connectivity index (χ1) is 6.70. The van der Waals surface area contributed by atoms with Crippen molar-refractivity contribution in [2.75, 3.05) is 0 Å². The molecule has 0 radical (unpaired) electrons. The first kappa shape index (κ1) is 10.4. The second-order valence-corrected chi connectivity index (χ2v) is 2.77. The summed E-state index contributed by atoms with van der Waals surface area (Å²) in [5, 5.41) is 19.6. The highest BCUT2D eigenvalue weighted by Crippen LogP contribution is 2.23. The Balaban J connectivity index is 3.35. The molecule has 4 nitrogen and oxygen atoms in total. The Bertz CT molecular complexity index is 372. The van der Waals surface area contributed by atoms with E-state index >= 15 is 0 Å². The number of aliphatic hydroxyl groups is 1. The molecule has 0 fully saturated rings. The van der Waals surface area contributed by atoms with E-state index < -0.39 is 4.92 Å². The van der Waals surface area contributed by atoms with Crippen molar-refractivity contribution in [2.45, 2.75) is 13.5 Å². The monoisotopic (exact) mass is 193 g/mol. The standard InChI is InChI=1S/C10H11NO3/c1-2-4-9-8(7-12)5-3-6-10(9)11(13)14/h2-6,12H,7H2,1H3/b4-2-. The van der Waals surface area contributed by atoms with Gasteiger partial charge in [-0.05, 0) is 12.5 Å². The summed E-state index contributed by atoms with van der Waals surface area (Å²) in [5.41, 5.74) is 1.06. The van der Waals surface area contributed by atoms with E-state index in [4.69, 9.17) is 5.11 Å². The van der Waals surface area contributed by atoms with Gasteiger partial charge in [0.25, 0.3) is 5.69 Å². The summed E-state index contributed by atoms with van der Waals surface area (Å²) in [6, 6.07) is 4.66. The third-order valence-electron chi connectivity index (χ3n) is 1.87. The van der Waals surface area contributed by atoms with Gasteiger partial charge in [-0.3, -0.25) is 10.1 Å². The molecule has 0 aliphatic rings. The molecule has 0 amide bonds. The Morgan fingerprint density at radius 3 is 2.79 bits per heavy atom. The quantitative estimate of drug-likeness (QED) is 0.590. The summed E-state index contributed by atoms with van der Waals surface area (Å²) < 4.78 is 0. The number of nitrogens with zero attached hydrogens (tertiary/aromatic N) is 1. The minimum absolute atomic E-state index is 0.0228. The maximum Gasteiger partial charge on any atom is 0.276 e. The molecular weight excluding hydrogens is 182 g/mol. The molecule has 14 heavy (non-hydrogen) atoms. The lowest BCUT2D eigenvalue weighted by molar-refractivity contribution is -0.385. The first-order valence-corrected chi connectivity index (χ1v) is 4.20. The van der Waals surface area contributed by atoms with Gasteiger partial charge >= 0.3 is 0 Å². The van der Waals surface area contributed by atoms with Gasteiger partial charge < -0.3 is 5.11 Å². The van der Waals surface area contributed by atoms with Crippen LogP contribution in [0.5, 0.6) is 0 Å². The smallest absolute Gasteiger partial charge is 0.276 e. The largest absolute Gasteiger partial charge is 0.392 e. The number of nitro groups is 1. The molecule has 1 aromatic carbocycles. The Hall–Kier alpha value is -1.68. The van der Waals surface area contributed by atoms with Crippen molar-refractivity contribution >= 4 is 11.8 Å². The highest BCUT2D eigenvalue weighted by Gasteiger charge is 2.13. The van der Waals surface area contributed by atoms with Crippen molar-refractivity contribution in [3.63, 3.8) is 0 Å². The van der Waals surface area contributed by atoms with Crippen molar-refractivity contribution in [1.29, 1.82) is 0 Å². The highest BCUT2D eigenvalue weighted by atomic mass is 16.6. The molecule has 4 heteroatoms. The molecule has 0 saturated carbocycles. The van der Waals surface area contributed by atoms with Crippen LogP contribution >= 0.6 is 0 Å². The molecule has 0 aromatic heterocycles. The second-order valence-electron chi connectivity index (χ2n) is 2.77. The third-order valence-corrected chi connectivity index (χ3v) is 1.87. The van der Waals surface area contributed by atoms with Crippen LogP contribution in [0.15, 0.2) is 24.3 Å². The summed E-state index contributed by atoms with van der Waals surface area (Å²) in [7, 11) is 0. The van der Waals surface area contributed by atoms with Crippen molar-refractivity contribution in [3.05, 3.63) is 45.5 Å². The van der Waals surface area contributed by atoms with E-state index in [-0.39, 0.29) is 12.3 Å². The highest BCUT2D eigenvalue weighted by molar-refractivity contribution is 5.64. The van der Waals surface area contributed by atoms with Gasteiger partial charge in [-0.25, -0.2) is 0 Å². The zero-order valence-corrected chi connectivity index (χ0v) is 7.80. The van der Waals surface area contributed by atoms with Crippen LogP contribution in [0.25, 0.3) is 6.08 Å². The van der Waals surface area contributed by atoms with Crippen LogP contribution in [0.4, 0.5) is 5.69 Å². The SMILES string of the molecule is C/C=C\c1c(CO)cccc1[N+](=O)[O-]. The topological polar surface area (TPSA) is 63.4 Å². The summed E-state index contributed by atoms with van der Waals surface area (Å²) >= 11 is 0. The number of rotatable bonds is 3. The number of hydrogen-bond donors (Lipinski definition) is 1. The van der Waals surface area contributed by atoms with E-state index in [0.29, 0.717) is 11.1 Å². The van der Waals surface area contributed by atoms with Crippen LogP contribution < -0.4 is 0 Å². The predicted octanol–water partition coefficient (Wildman–Crippen LogP) is 2.12. The molecule has 0 atom stereocenters. The summed E-state index contributed by atoms with van der Waals surface area (Å²) in [4.78, 5) is 10.2. The Morgan fingerprint density at radius 2 is 2.29 bits per heavy atom. The molecule has 0 bridgehead atoms. The molecule has 0 unspecified atom stereocenters. The van der Waals surface area contributed by atoms with Gasteiger partial charge in [0.2, 0.25) is 0 Å². The molecule has 1 N–H and O–H groups in total. The lowest BCUT2D eigenvalue weighted by atomic mass is 10.1. The fraction of sp³-hybridized carbons (Fsp3) is 0.200. The van der Waals surface area contributed by atoms with Crippen LogP contribution in [-0.2, 0) is 6.61 Å². The fourth-order valence-electron chi connectivity index (χ4n) is 1.26. The third kappa shape index (κ3) is 1.97. The molecular formula is C10H11NO3. The predicted molar refractivity (Wildman–Crippen MR) is 53.7 cm³/mol. The maximum atomic E-state index is 10.7. The van der Waals surface area contributed by atoms with Crippen LogP contribution in [-0.4, -0.2) is 10.0 Å². The summed E-state index contributed by atoms with van der Waals surface area (Å²) in [6.45, 7) is 1.58. The number of benzene rings is 1. The van der Waals surface area contributed by atoms with Gasteiger partial charge in [-0.15, -0.1) is 0 Å². The average molecular weight is 193 g/mol. The van der Waals surface area contributed by atoms with E-state index in [9.17, 15) is 10.1 Å². The Morgan fingerprint density at radius 1 is 1.57 bits per heavy atom. The fourth-order valence-corrected chi connectivity index (χ4v) is 1.26. The zero-order chi connectivity index (χ0) is 10.6. The molecule has 1 aromatic rings. The Labute approximate surface area is 81.6 Å². The Kier molecular flexibility index (Phi) is 3.36. The number of hydrogen-bond acceptors (Lipinski definition) is 3. The number of allylic oxidation sites excluding steroid dienone is 1. The van der Waals surface area contributed by atoms with Gasteiger partial charge in [0.15, 0.2) is 0 Å². The number of aliphatic hydroxyl groups excluding tert-OH is 1. The lowest BCUT2D eigenvalue weighted by Crippen LogP contribution is -1.96. The van der Waals surface area contributed by atoms with Gasteiger partial charge in [-0.1, -0.05) is 24.3 Å².